The number of nitrogens with zero attached hydrogens (tertiary/aromatic N) is 3. The Kier molecular flexibility index (Phi) is 8.67. The third-order valence-electron chi connectivity index (χ3n) is 6.25. The van der Waals surface area contributed by atoms with Crippen molar-refractivity contribution in [3.05, 3.63) is 0 Å². The van der Waals surface area contributed by atoms with Crippen LogP contribution in [-0.4, -0.2) is 88.3 Å². The van der Waals surface area contributed by atoms with Crippen molar-refractivity contribution in [2.24, 2.45) is 17.3 Å². The second-order valence-electron chi connectivity index (χ2n) is 9.71. The van der Waals surface area contributed by atoms with Crippen LogP contribution in [0.1, 0.15) is 52.9 Å². The lowest BCUT2D eigenvalue weighted by molar-refractivity contribution is -0.156. The highest BCUT2D eigenvalue weighted by Gasteiger charge is 2.39. The van der Waals surface area contributed by atoms with E-state index in [1.54, 1.807) is 4.90 Å². The number of hydroxylamine groups is 2. The molecule has 0 bridgehead atoms. The van der Waals surface area contributed by atoms with Gasteiger partial charge in [-0.1, -0.05) is 46.5 Å². The molecule has 0 aromatic carbocycles. The molecule has 0 aromatic heterocycles. The van der Waals surface area contributed by atoms with Crippen LogP contribution < -0.4 is 5.32 Å². The summed E-state index contributed by atoms with van der Waals surface area (Å²) in [5.74, 6) is -0.851. The maximum atomic E-state index is 13.2. The van der Waals surface area contributed by atoms with Gasteiger partial charge in [0.05, 0.1) is 12.5 Å². The molecule has 176 valence electrons. The third-order valence-corrected chi connectivity index (χ3v) is 6.25. The van der Waals surface area contributed by atoms with Gasteiger partial charge in [-0.3, -0.25) is 19.6 Å². The summed E-state index contributed by atoms with van der Waals surface area (Å²) in [4.78, 5) is 51.3. The molecule has 10 nitrogen and oxygen atoms in total. The van der Waals surface area contributed by atoms with E-state index in [1.807, 2.05) is 20.8 Å². The third kappa shape index (κ3) is 7.09. The monoisotopic (exact) mass is 440 g/mol. The van der Waals surface area contributed by atoms with E-state index in [9.17, 15) is 24.4 Å². The van der Waals surface area contributed by atoms with Gasteiger partial charge >= 0.3 is 6.09 Å². The molecule has 2 aliphatic rings. The van der Waals surface area contributed by atoms with Crippen LogP contribution in [0.2, 0.25) is 0 Å². The fraction of sp³-hybridized carbons (Fsp3) is 0.810. The quantitative estimate of drug-likeness (QED) is 0.297. The summed E-state index contributed by atoms with van der Waals surface area (Å²) in [7, 11) is 0. The highest BCUT2D eigenvalue weighted by molar-refractivity contribution is 5.89. The Hall–Kier alpha value is -2.36. The molecule has 0 unspecified atom stereocenters. The average Bonchev–Trinajstić information content (AvgIpc) is 3.23. The number of nitrogens with one attached hydrogen (secondary N) is 1. The molecule has 10 heteroatoms. The smallest absolute Gasteiger partial charge is 0.407 e. The Balaban J connectivity index is 2.09. The normalized spacial score (nSPS) is 19.6. The minimum atomic E-state index is -1.01. The van der Waals surface area contributed by atoms with Crippen molar-refractivity contribution in [3.63, 3.8) is 0 Å². The Morgan fingerprint density at radius 2 is 1.65 bits per heavy atom. The molecule has 3 N–H and O–H groups in total. The second kappa shape index (κ2) is 10.8. The summed E-state index contributed by atoms with van der Waals surface area (Å²) in [5, 5.41) is 22.2. The predicted molar refractivity (Wildman–Crippen MR) is 112 cm³/mol. The van der Waals surface area contributed by atoms with Gasteiger partial charge in [-0.15, -0.1) is 0 Å². The summed E-state index contributed by atoms with van der Waals surface area (Å²) in [5.41, 5.74) is -0.571. The van der Waals surface area contributed by atoms with Gasteiger partial charge in [-0.2, -0.15) is 0 Å². The molecule has 1 saturated carbocycles. The minimum absolute atomic E-state index is 0.117. The van der Waals surface area contributed by atoms with Crippen molar-refractivity contribution in [3.8, 4) is 0 Å². The molecular formula is C21H36N4O6. The Morgan fingerprint density at radius 3 is 2.13 bits per heavy atom. The zero-order chi connectivity index (χ0) is 23.2. The average molecular weight is 441 g/mol. The van der Waals surface area contributed by atoms with E-state index >= 15 is 0 Å². The lowest BCUT2D eigenvalue weighted by atomic mass is 9.84. The van der Waals surface area contributed by atoms with E-state index in [0.29, 0.717) is 17.4 Å². The SMILES string of the molecule is CC(C)(C)[C@H](NC(=O)[C@H](CC1CCCC1)CN(O)C=O)C(=O)N1CCN(C(=O)O)CC1. The van der Waals surface area contributed by atoms with E-state index in [4.69, 9.17) is 5.11 Å². The number of amides is 4. The Labute approximate surface area is 183 Å². The predicted octanol–water partition coefficient (Wildman–Crippen LogP) is 1.38. The second-order valence-corrected chi connectivity index (χ2v) is 9.71. The first kappa shape index (κ1) is 24.9. The summed E-state index contributed by atoms with van der Waals surface area (Å²) >= 11 is 0. The number of piperazine rings is 1. The summed E-state index contributed by atoms with van der Waals surface area (Å²) in [6, 6.07) is -0.800. The van der Waals surface area contributed by atoms with Gasteiger partial charge in [0.1, 0.15) is 6.04 Å². The van der Waals surface area contributed by atoms with Gasteiger partial charge in [0.15, 0.2) is 0 Å². The Bertz CT molecular complexity index is 651. The van der Waals surface area contributed by atoms with E-state index in [2.05, 4.69) is 5.32 Å². The number of carboxylic acid groups (broad SMARTS) is 1. The van der Waals surface area contributed by atoms with Gasteiger partial charge in [-0.05, 0) is 17.8 Å². The summed E-state index contributed by atoms with van der Waals surface area (Å²) < 4.78 is 0. The van der Waals surface area contributed by atoms with Crippen LogP contribution in [0, 0.1) is 17.3 Å². The van der Waals surface area contributed by atoms with Crippen LogP contribution in [0.15, 0.2) is 0 Å². The Morgan fingerprint density at radius 1 is 1.10 bits per heavy atom. The van der Waals surface area contributed by atoms with Crippen molar-refractivity contribution in [1.82, 2.24) is 20.2 Å². The van der Waals surface area contributed by atoms with Gasteiger partial charge < -0.3 is 20.2 Å². The highest BCUT2D eigenvalue weighted by Crippen LogP contribution is 2.31. The molecule has 4 amide bonds. The molecule has 2 fully saturated rings. The standard InChI is InChI=1S/C21H36N4O6/c1-21(2,3)17(19(28)23-8-10-24(11-9-23)20(29)30)22-18(27)16(13-25(31)14-26)12-15-6-4-5-7-15/h14-17,31H,4-13H2,1-3H3,(H,22,27)(H,29,30)/t16-,17-/m1/s1. The first-order valence-corrected chi connectivity index (χ1v) is 11.0. The van der Waals surface area contributed by atoms with Crippen LogP contribution >= 0.6 is 0 Å². The molecule has 1 heterocycles. The van der Waals surface area contributed by atoms with Crippen molar-refractivity contribution < 1.29 is 29.5 Å². The first-order valence-electron chi connectivity index (χ1n) is 11.0. The molecule has 0 radical (unpaired) electrons. The minimum Gasteiger partial charge on any atom is -0.465 e. The van der Waals surface area contributed by atoms with Gasteiger partial charge in [0, 0.05) is 26.2 Å². The summed E-state index contributed by atoms with van der Waals surface area (Å²) in [6.45, 7) is 6.47. The van der Waals surface area contributed by atoms with Crippen LogP contribution in [0.3, 0.4) is 0 Å². The molecular weight excluding hydrogens is 404 g/mol. The van der Waals surface area contributed by atoms with Crippen LogP contribution in [0.5, 0.6) is 0 Å². The van der Waals surface area contributed by atoms with Gasteiger partial charge in [-0.25, -0.2) is 9.86 Å². The largest absolute Gasteiger partial charge is 0.465 e. The maximum Gasteiger partial charge on any atom is 0.407 e. The first-order chi connectivity index (χ1) is 14.5. The molecule has 0 spiro atoms. The number of rotatable bonds is 8. The van der Waals surface area contributed by atoms with E-state index in [-0.39, 0.29) is 50.9 Å². The van der Waals surface area contributed by atoms with Gasteiger partial charge in [0.25, 0.3) is 0 Å². The molecule has 1 aliphatic carbocycles. The number of hydrogen-bond acceptors (Lipinski definition) is 5. The van der Waals surface area contributed by atoms with E-state index < -0.39 is 23.5 Å². The molecule has 2 rings (SSSR count). The van der Waals surface area contributed by atoms with Crippen LogP contribution in [-0.2, 0) is 14.4 Å². The molecule has 31 heavy (non-hydrogen) atoms. The summed E-state index contributed by atoms with van der Waals surface area (Å²) in [6.07, 6.45) is 4.09. The van der Waals surface area contributed by atoms with Crippen molar-refractivity contribution in [2.45, 2.75) is 58.9 Å². The van der Waals surface area contributed by atoms with Crippen molar-refractivity contribution in [1.29, 1.82) is 0 Å². The maximum absolute atomic E-state index is 13.2. The fourth-order valence-electron chi connectivity index (χ4n) is 4.39. The number of carbonyl (C=O) groups excluding carboxylic acids is 3. The molecule has 0 aromatic rings. The lowest BCUT2D eigenvalue weighted by Gasteiger charge is -2.39. The van der Waals surface area contributed by atoms with Crippen molar-refractivity contribution >= 4 is 24.3 Å². The molecule has 2 atom stereocenters. The zero-order valence-electron chi connectivity index (χ0n) is 18.7. The van der Waals surface area contributed by atoms with Crippen LogP contribution in [0.25, 0.3) is 0 Å². The van der Waals surface area contributed by atoms with Gasteiger partial charge in [0.2, 0.25) is 18.2 Å². The molecule has 1 aliphatic heterocycles. The number of hydrogen-bond donors (Lipinski definition) is 3. The van der Waals surface area contributed by atoms with Crippen LogP contribution in [0.4, 0.5) is 4.79 Å². The lowest BCUT2D eigenvalue weighted by Crippen LogP contribution is -2.60. The highest BCUT2D eigenvalue weighted by atomic mass is 16.5. The van der Waals surface area contributed by atoms with E-state index in [1.165, 1.54) is 4.90 Å². The zero-order valence-corrected chi connectivity index (χ0v) is 18.7. The fourth-order valence-corrected chi connectivity index (χ4v) is 4.39. The van der Waals surface area contributed by atoms with Crippen molar-refractivity contribution in [2.75, 3.05) is 32.7 Å². The topological polar surface area (TPSA) is 130 Å². The number of carbonyl (C=O) groups is 4. The van der Waals surface area contributed by atoms with E-state index in [0.717, 1.165) is 25.7 Å². The molecule has 1 saturated heterocycles.